The van der Waals surface area contributed by atoms with E-state index < -0.39 is 33.4 Å². The summed E-state index contributed by atoms with van der Waals surface area (Å²) >= 11 is 1.55. The molecule has 4 heterocycles. The lowest BCUT2D eigenvalue weighted by Gasteiger charge is -2.40. The van der Waals surface area contributed by atoms with Gasteiger partial charge in [0.25, 0.3) is 5.91 Å². The second-order valence-electron chi connectivity index (χ2n) is 12.0. The summed E-state index contributed by atoms with van der Waals surface area (Å²) in [5, 5.41) is 10.5. The van der Waals surface area contributed by atoms with Crippen molar-refractivity contribution in [2.24, 2.45) is 17.8 Å². The Labute approximate surface area is 235 Å². The van der Waals surface area contributed by atoms with Crippen molar-refractivity contribution >= 4 is 35.2 Å². The van der Waals surface area contributed by atoms with Gasteiger partial charge >= 0.3 is 5.97 Å². The van der Waals surface area contributed by atoms with E-state index in [-0.39, 0.29) is 30.3 Å². The quantitative estimate of drug-likeness (QED) is 0.435. The van der Waals surface area contributed by atoms with E-state index in [4.69, 9.17) is 4.74 Å². The molecule has 5 rings (SSSR count). The van der Waals surface area contributed by atoms with Gasteiger partial charge in [-0.3, -0.25) is 14.4 Å². The molecule has 0 saturated carbocycles. The van der Waals surface area contributed by atoms with Gasteiger partial charge in [-0.2, -0.15) is 0 Å². The van der Waals surface area contributed by atoms with Crippen molar-refractivity contribution in [1.29, 1.82) is 0 Å². The van der Waals surface area contributed by atoms with Gasteiger partial charge in [-0.1, -0.05) is 56.4 Å². The number of allylic oxidation sites excluding steroid dienone is 1. The largest absolute Gasteiger partial charge is 0.465 e. The second kappa shape index (κ2) is 10.4. The number of carbonyl (C=O) groups is 3. The third-order valence-corrected chi connectivity index (χ3v) is 10.5. The number of esters is 1. The Balaban J connectivity index is 1.70. The van der Waals surface area contributed by atoms with E-state index in [0.717, 1.165) is 29.7 Å². The number of hydrogen-bond acceptors (Lipinski definition) is 6. The normalized spacial score (nSPS) is 34.0. The molecule has 7 nitrogen and oxygen atoms in total. The summed E-state index contributed by atoms with van der Waals surface area (Å²) in [4.78, 5) is 46.4. The van der Waals surface area contributed by atoms with Gasteiger partial charge in [0.15, 0.2) is 0 Å². The molecule has 210 valence electrons. The van der Waals surface area contributed by atoms with E-state index in [0.29, 0.717) is 19.6 Å². The summed E-state index contributed by atoms with van der Waals surface area (Å²) in [6.07, 6.45) is 10.2. The number of anilines is 1. The number of fused-ring (bicyclic) bond motifs is 2. The molecule has 4 aliphatic heterocycles. The van der Waals surface area contributed by atoms with Gasteiger partial charge in [0.1, 0.15) is 6.04 Å². The molecule has 2 saturated heterocycles. The third-order valence-electron chi connectivity index (χ3n) is 8.75. The van der Waals surface area contributed by atoms with E-state index in [1.54, 1.807) is 21.6 Å². The van der Waals surface area contributed by atoms with Gasteiger partial charge in [-0.25, -0.2) is 0 Å². The van der Waals surface area contributed by atoms with E-state index in [1.807, 2.05) is 65.0 Å². The number of benzene rings is 1. The summed E-state index contributed by atoms with van der Waals surface area (Å²) in [5.41, 5.74) is 2.81. The molecule has 6 atom stereocenters. The van der Waals surface area contributed by atoms with E-state index in [1.165, 1.54) is 0 Å². The number of likely N-dealkylation sites (tertiary alicyclic amines) is 1. The number of thioether (sulfide) groups is 1. The Hall–Kier alpha value is -2.58. The van der Waals surface area contributed by atoms with E-state index >= 15 is 0 Å². The highest BCUT2D eigenvalue weighted by Crippen LogP contribution is 2.65. The van der Waals surface area contributed by atoms with Crippen LogP contribution in [0.25, 0.3) is 0 Å². The average Bonchev–Trinajstić information content (AvgIpc) is 3.23. The first-order valence-electron chi connectivity index (χ1n) is 14.1. The summed E-state index contributed by atoms with van der Waals surface area (Å²) in [5.74, 6) is -2.10. The molecule has 1 aromatic carbocycles. The molecule has 1 unspecified atom stereocenters. The van der Waals surface area contributed by atoms with Gasteiger partial charge in [-0.05, 0) is 57.1 Å². The molecule has 4 aliphatic rings. The van der Waals surface area contributed by atoms with Crippen molar-refractivity contribution in [3.05, 3.63) is 53.6 Å². The van der Waals surface area contributed by atoms with E-state index in [2.05, 4.69) is 12.2 Å². The number of rotatable bonds is 5. The Morgan fingerprint density at radius 3 is 2.46 bits per heavy atom. The molecule has 1 spiro atoms. The van der Waals surface area contributed by atoms with Crippen molar-refractivity contribution in [3.63, 3.8) is 0 Å². The molecule has 8 heteroatoms. The first-order chi connectivity index (χ1) is 18.6. The summed E-state index contributed by atoms with van der Waals surface area (Å²) in [6.45, 7) is 10.5. The smallest absolute Gasteiger partial charge is 0.311 e. The SMILES string of the molecule is Cc1cccc(C)c1N1CC=C[C@]23S[C@]4(C)/C=C\CCCOC(=O)[C@@H]4[C@H]2C(=O)N([C@@H](CO)CC(C)C)C3C1=O. The van der Waals surface area contributed by atoms with Gasteiger partial charge < -0.3 is 19.6 Å². The van der Waals surface area contributed by atoms with Crippen LogP contribution in [0.2, 0.25) is 0 Å². The predicted molar refractivity (Wildman–Crippen MR) is 153 cm³/mol. The Morgan fingerprint density at radius 1 is 1.08 bits per heavy atom. The fourth-order valence-electron chi connectivity index (χ4n) is 7.22. The highest BCUT2D eigenvalue weighted by Gasteiger charge is 2.74. The zero-order valence-corrected chi connectivity index (χ0v) is 24.4. The molecular formula is C31H40N2O5S. The number of aliphatic hydroxyl groups is 1. The van der Waals surface area contributed by atoms with Crippen molar-refractivity contribution in [2.75, 3.05) is 24.7 Å². The minimum absolute atomic E-state index is 0.171. The third kappa shape index (κ3) is 4.44. The van der Waals surface area contributed by atoms with E-state index in [9.17, 15) is 19.5 Å². The van der Waals surface area contributed by atoms with Crippen LogP contribution in [0.1, 0.15) is 51.2 Å². The van der Waals surface area contributed by atoms with Crippen LogP contribution in [0.5, 0.6) is 0 Å². The Bertz CT molecular complexity index is 1210. The lowest BCUT2D eigenvalue weighted by Crippen LogP contribution is -2.57. The molecule has 0 aliphatic carbocycles. The maximum atomic E-state index is 14.8. The molecule has 0 aromatic heterocycles. The lowest BCUT2D eigenvalue weighted by atomic mass is 9.74. The number of nitrogens with zero attached hydrogens (tertiary/aromatic N) is 2. The van der Waals surface area contributed by atoms with Gasteiger partial charge in [0.2, 0.25) is 5.91 Å². The molecular weight excluding hydrogens is 512 g/mol. The molecule has 39 heavy (non-hydrogen) atoms. The number of para-hydroxylation sites is 1. The number of aryl methyl sites for hydroxylation is 2. The van der Waals surface area contributed by atoms with Crippen molar-refractivity contribution in [2.45, 2.75) is 75.5 Å². The average molecular weight is 553 g/mol. The molecule has 2 fully saturated rings. The molecule has 0 radical (unpaired) electrons. The summed E-state index contributed by atoms with van der Waals surface area (Å²) in [6, 6.07) is 4.57. The van der Waals surface area contributed by atoms with Crippen molar-refractivity contribution in [1.82, 2.24) is 4.90 Å². The molecule has 1 aromatic rings. The molecule has 0 bridgehead atoms. The first kappa shape index (κ1) is 28.0. The van der Waals surface area contributed by atoms with Crippen LogP contribution in [0.3, 0.4) is 0 Å². The Kier molecular flexibility index (Phi) is 7.48. The molecule has 2 amide bonds. The fraction of sp³-hybridized carbons (Fsp3) is 0.581. The van der Waals surface area contributed by atoms with Crippen LogP contribution in [-0.2, 0) is 19.1 Å². The van der Waals surface area contributed by atoms with Gasteiger partial charge in [-0.15, -0.1) is 11.8 Å². The van der Waals surface area contributed by atoms with Gasteiger partial charge in [0.05, 0.1) is 35.8 Å². The van der Waals surface area contributed by atoms with Crippen LogP contribution in [-0.4, -0.2) is 69.1 Å². The highest BCUT2D eigenvalue weighted by molar-refractivity contribution is 8.02. The Morgan fingerprint density at radius 2 is 1.79 bits per heavy atom. The van der Waals surface area contributed by atoms with Crippen molar-refractivity contribution < 1.29 is 24.2 Å². The number of carbonyl (C=O) groups excluding carboxylic acids is 3. The zero-order valence-electron chi connectivity index (χ0n) is 23.6. The van der Waals surface area contributed by atoms with Crippen LogP contribution in [0.4, 0.5) is 5.69 Å². The number of amides is 2. The summed E-state index contributed by atoms with van der Waals surface area (Å²) < 4.78 is 4.03. The van der Waals surface area contributed by atoms with Crippen LogP contribution < -0.4 is 4.90 Å². The monoisotopic (exact) mass is 552 g/mol. The van der Waals surface area contributed by atoms with Crippen LogP contribution >= 0.6 is 11.8 Å². The van der Waals surface area contributed by atoms with Gasteiger partial charge in [0, 0.05) is 17.0 Å². The predicted octanol–water partition coefficient (Wildman–Crippen LogP) is 4.19. The van der Waals surface area contributed by atoms with Crippen LogP contribution in [0.15, 0.2) is 42.5 Å². The maximum absolute atomic E-state index is 14.8. The number of hydrogen-bond donors (Lipinski definition) is 1. The minimum Gasteiger partial charge on any atom is -0.465 e. The number of ether oxygens (including phenoxy) is 1. The van der Waals surface area contributed by atoms with Crippen molar-refractivity contribution in [3.8, 4) is 0 Å². The number of cyclic esters (lactones) is 1. The number of aliphatic hydroxyl groups excluding tert-OH is 1. The standard InChI is InChI=1S/C31H40N2O5S/c1-19(2)17-22(18-34)33-26-28(36)32(25-20(3)11-9-12-21(25)4)15-10-14-31(26)23(27(33)35)24-29(37)38-16-8-6-7-13-30(24,5)39-31/h7,9-14,19,22-24,26,34H,6,8,15-18H2,1-5H3/b13-7-/t22-,23+,24+,26?,30-,31+/m1/s1. The lowest BCUT2D eigenvalue weighted by molar-refractivity contribution is -0.154. The fourth-order valence-corrected chi connectivity index (χ4v) is 9.36. The molecule has 1 N–H and O–H groups in total. The topological polar surface area (TPSA) is 87.2 Å². The maximum Gasteiger partial charge on any atom is 0.311 e. The highest BCUT2D eigenvalue weighted by atomic mass is 32.2. The summed E-state index contributed by atoms with van der Waals surface area (Å²) in [7, 11) is 0. The van der Waals surface area contributed by atoms with Crippen LogP contribution in [0, 0.1) is 31.6 Å². The first-order valence-corrected chi connectivity index (χ1v) is 14.9. The second-order valence-corrected chi connectivity index (χ2v) is 13.8. The zero-order chi connectivity index (χ0) is 28.1. The minimum atomic E-state index is -0.966.